The Labute approximate surface area is 127 Å². The van der Waals surface area contributed by atoms with Crippen molar-refractivity contribution in [3.05, 3.63) is 29.3 Å². The van der Waals surface area contributed by atoms with Gasteiger partial charge in [-0.1, -0.05) is 6.07 Å². The molecule has 1 aliphatic heterocycles. The molecule has 118 valence electrons. The summed E-state index contributed by atoms with van der Waals surface area (Å²) in [6.07, 6.45) is 0. The minimum atomic E-state index is -3.07. The van der Waals surface area contributed by atoms with Gasteiger partial charge in [-0.3, -0.25) is 4.90 Å². The van der Waals surface area contributed by atoms with Crippen LogP contribution >= 0.6 is 0 Å². The van der Waals surface area contributed by atoms with Crippen LogP contribution in [0.2, 0.25) is 0 Å². The zero-order chi connectivity index (χ0) is 15.6. The molecule has 1 aliphatic rings. The highest BCUT2D eigenvalue weighted by molar-refractivity contribution is 7.89. The second kappa shape index (κ2) is 6.34. The number of hydrogen-bond acceptors (Lipinski definition) is 4. The van der Waals surface area contributed by atoms with Crippen LogP contribution in [0.5, 0.6) is 0 Å². The van der Waals surface area contributed by atoms with E-state index in [1.165, 1.54) is 11.1 Å². The molecule has 0 aliphatic carbocycles. The molecule has 0 unspecified atom stereocenters. The lowest BCUT2D eigenvalue weighted by atomic mass is 10.1. The summed E-state index contributed by atoms with van der Waals surface area (Å²) in [6, 6.07) is 6.19. The molecule has 1 saturated heterocycles. The summed E-state index contributed by atoms with van der Waals surface area (Å²) < 4.78 is 25.5. The number of benzene rings is 1. The number of hydrogen-bond donors (Lipinski definition) is 1. The standard InChI is InChI=1S/C15H25N3O2S/c1-4-21(19,20)18-8-7-17(13(3)10-18)11-14-5-6-15(16)9-12(14)2/h5-6,9,13H,4,7-8,10-11,16H2,1-3H3/t13-/m0/s1. The van der Waals surface area contributed by atoms with Crippen LogP contribution in [0.4, 0.5) is 5.69 Å². The van der Waals surface area contributed by atoms with Gasteiger partial charge in [0.2, 0.25) is 10.0 Å². The van der Waals surface area contributed by atoms with E-state index in [1.54, 1.807) is 11.2 Å². The molecule has 0 spiro atoms. The molecule has 0 saturated carbocycles. The van der Waals surface area contributed by atoms with Crippen LogP contribution in [0.25, 0.3) is 0 Å². The predicted octanol–water partition coefficient (Wildman–Crippen LogP) is 1.43. The molecule has 0 radical (unpaired) electrons. The van der Waals surface area contributed by atoms with Crippen molar-refractivity contribution in [2.75, 3.05) is 31.1 Å². The van der Waals surface area contributed by atoms with Crippen molar-refractivity contribution in [2.24, 2.45) is 0 Å². The van der Waals surface area contributed by atoms with Crippen LogP contribution in [0.1, 0.15) is 25.0 Å². The van der Waals surface area contributed by atoms with E-state index in [-0.39, 0.29) is 11.8 Å². The Morgan fingerprint density at radius 2 is 2.05 bits per heavy atom. The van der Waals surface area contributed by atoms with Crippen LogP contribution < -0.4 is 5.73 Å². The highest BCUT2D eigenvalue weighted by atomic mass is 32.2. The maximum absolute atomic E-state index is 12.0. The van der Waals surface area contributed by atoms with Gasteiger partial charge in [-0.25, -0.2) is 8.42 Å². The van der Waals surface area contributed by atoms with Gasteiger partial charge in [0.25, 0.3) is 0 Å². The average Bonchev–Trinajstić information content (AvgIpc) is 2.43. The minimum absolute atomic E-state index is 0.177. The van der Waals surface area contributed by atoms with E-state index < -0.39 is 10.0 Å². The van der Waals surface area contributed by atoms with Crippen LogP contribution in [-0.2, 0) is 16.6 Å². The highest BCUT2D eigenvalue weighted by Gasteiger charge is 2.30. The number of sulfonamides is 1. The molecule has 1 aromatic rings. The first-order chi connectivity index (χ1) is 9.83. The van der Waals surface area contributed by atoms with Crippen LogP contribution in [0.3, 0.4) is 0 Å². The molecule has 6 heteroatoms. The van der Waals surface area contributed by atoms with E-state index in [1.807, 2.05) is 12.1 Å². The van der Waals surface area contributed by atoms with E-state index in [9.17, 15) is 8.42 Å². The van der Waals surface area contributed by atoms with Crippen molar-refractivity contribution in [2.45, 2.75) is 33.4 Å². The fraction of sp³-hybridized carbons (Fsp3) is 0.600. The van der Waals surface area contributed by atoms with Crippen molar-refractivity contribution in [3.8, 4) is 0 Å². The summed E-state index contributed by atoms with van der Waals surface area (Å²) in [7, 11) is -3.07. The number of rotatable bonds is 4. The summed E-state index contributed by atoms with van der Waals surface area (Å²) in [5, 5.41) is 0. The first-order valence-corrected chi connectivity index (χ1v) is 9.01. The second-order valence-corrected chi connectivity index (χ2v) is 8.02. The smallest absolute Gasteiger partial charge is 0.213 e. The van der Waals surface area contributed by atoms with E-state index in [2.05, 4.69) is 24.8 Å². The molecule has 1 fully saturated rings. The SMILES string of the molecule is CCS(=O)(=O)N1CCN(Cc2ccc(N)cc2C)[C@@H](C)C1. The fourth-order valence-electron chi connectivity index (χ4n) is 2.75. The zero-order valence-corrected chi connectivity index (χ0v) is 13.9. The molecular formula is C15H25N3O2S. The van der Waals surface area contributed by atoms with Gasteiger partial charge in [-0.05, 0) is 44.0 Å². The normalized spacial score (nSPS) is 21.6. The summed E-state index contributed by atoms with van der Waals surface area (Å²) in [5.41, 5.74) is 9.00. The van der Waals surface area contributed by atoms with Crippen LogP contribution in [-0.4, -0.2) is 49.1 Å². The molecule has 0 bridgehead atoms. The Morgan fingerprint density at radius 3 is 2.62 bits per heavy atom. The Hall–Kier alpha value is -1.11. The first-order valence-electron chi connectivity index (χ1n) is 7.40. The van der Waals surface area contributed by atoms with E-state index in [0.29, 0.717) is 13.1 Å². The van der Waals surface area contributed by atoms with Gasteiger partial charge in [0.15, 0.2) is 0 Å². The fourth-order valence-corrected chi connectivity index (χ4v) is 3.92. The van der Waals surface area contributed by atoms with Crippen molar-refractivity contribution in [1.29, 1.82) is 0 Å². The summed E-state index contributed by atoms with van der Waals surface area (Å²) in [5.74, 6) is 0.177. The Balaban J connectivity index is 2.04. The topological polar surface area (TPSA) is 66.6 Å². The third-order valence-electron chi connectivity index (χ3n) is 4.23. The van der Waals surface area contributed by atoms with Gasteiger partial charge < -0.3 is 5.73 Å². The van der Waals surface area contributed by atoms with Crippen molar-refractivity contribution >= 4 is 15.7 Å². The maximum Gasteiger partial charge on any atom is 0.213 e. The number of nitrogens with two attached hydrogens (primary N) is 1. The average molecular weight is 311 g/mol. The van der Waals surface area contributed by atoms with Crippen molar-refractivity contribution < 1.29 is 8.42 Å². The predicted molar refractivity (Wildman–Crippen MR) is 86.5 cm³/mol. The van der Waals surface area contributed by atoms with Gasteiger partial charge in [-0.2, -0.15) is 4.31 Å². The molecule has 1 aromatic carbocycles. The van der Waals surface area contributed by atoms with Gasteiger partial charge in [0, 0.05) is 37.9 Å². The van der Waals surface area contributed by atoms with Crippen LogP contribution in [0, 0.1) is 6.92 Å². The lowest BCUT2D eigenvalue weighted by molar-refractivity contribution is 0.122. The summed E-state index contributed by atoms with van der Waals surface area (Å²) >= 11 is 0. The van der Waals surface area contributed by atoms with E-state index in [0.717, 1.165) is 18.8 Å². The van der Waals surface area contributed by atoms with Gasteiger partial charge >= 0.3 is 0 Å². The van der Waals surface area contributed by atoms with Gasteiger partial charge in [0.1, 0.15) is 0 Å². The molecular weight excluding hydrogens is 286 g/mol. The molecule has 2 rings (SSSR count). The monoisotopic (exact) mass is 311 g/mol. The first kappa shape index (κ1) is 16.3. The molecule has 0 amide bonds. The summed E-state index contributed by atoms with van der Waals surface area (Å²) in [4.78, 5) is 2.33. The molecule has 1 atom stereocenters. The number of nitrogens with zero attached hydrogens (tertiary/aromatic N) is 2. The zero-order valence-electron chi connectivity index (χ0n) is 13.0. The number of aryl methyl sites for hydroxylation is 1. The van der Waals surface area contributed by atoms with Gasteiger partial charge in [-0.15, -0.1) is 0 Å². The summed E-state index contributed by atoms with van der Waals surface area (Å²) in [6.45, 7) is 8.61. The quantitative estimate of drug-likeness (QED) is 0.854. The molecule has 5 nitrogen and oxygen atoms in total. The number of anilines is 1. The number of piperazine rings is 1. The van der Waals surface area contributed by atoms with Crippen molar-refractivity contribution in [3.63, 3.8) is 0 Å². The number of nitrogen functional groups attached to an aromatic ring is 1. The maximum atomic E-state index is 12.0. The Morgan fingerprint density at radius 1 is 1.33 bits per heavy atom. The molecule has 0 aromatic heterocycles. The Kier molecular flexibility index (Phi) is 4.91. The minimum Gasteiger partial charge on any atom is -0.399 e. The van der Waals surface area contributed by atoms with Crippen molar-refractivity contribution in [1.82, 2.24) is 9.21 Å². The van der Waals surface area contributed by atoms with Gasteiger partial charge in [0.05, 0.1) is 5.75 Å². The lowest BCUT2D eigenvalue weighted by Gasteiger charge is -2.39. The van der Waals surface area contributed by atoms with Crippen LogP contribution in [0.15, 0.2) is 18.2 Å². The van der Waals surface area contributed by atoms with E-state index in [4.69, 9.17) is 5.73 Å². The molecule has 2 N–H and O–H groups in total. The second-order valence-electron chi connectivity index (χ2n) is 5.76. The van der Waals surface area contributed by atoms with E-state index >= 15 is 0 Å². The molecule has 1 heterocycles. The Bertz CT molecular complexity index is 601. The lowest BCUT2D eigenvalue weighted by Crippen LogP contribution is -2.53. The largest absolute Gasteiger partial charge is 0.399 e. The highest BCUT2D eigenvalue weighted by Crippen LogP contribution is 2.19. The third kappa shape index (κ3) is 3.75. The molecule has 21 heavy (non-hydrogen) atoms. The third-order valence-corrected chi connectivity index (χ3v) is 6.07.